The van der Waals surface area contributed by atoms with Crippen molar-refractivity contribution in [3.63, 3.8) is 0 Å². The number of nitrogens with zero attached hydrogens (tertiary/aromatic N) is 1. The van der Waals surface area contributed by atoms with Crippen LogP contribution in [-0.4, -0.2) is 34.4 Å². The molecule has 2 amide bonds. The van der Waals surface area contributed by atoms with Crippen LogP contribution in [0, 0.1) is 6.92 Å². The number of anilines is 1. The van der Waals surface area contributed by atoms with Gasteiger partial charge in [0.05, 0.1) is 6.42 Å². The zero-order valence-electron chi connectivity index (χ0n) is 12.3. The van der Waals surface area contributed by atoms with E-state index in [1.54, 1.807) is 12.1 Å². The van der Waals surface area contributed by atoms with Gasteiger partial charge in [-0.2, -0.15) is 0 Å². The Hall–Kier alpha value is -2.74. The van der Waals surface area contributed by atoms with Crippen molar-refractivity contribution >= 4 is 34.3 Å². The molecule has 120 valence electrons. The molecule has 2 aromatic rings. The van der Waals surface area contributed by atoms with E-state index >= 15 is 0 Å². The zero-order valence-corrected chi connectivity index (χ0v) is 13.1. The summed E-state index contributed by atoms with van der Waals surface area (Å²) in [6.07, 6.45) is -0.160. The summed E-state index contributed by atoms with van der Waals surface area (Å²) in [4.78, 5) is 38.2. The van der Waals surface area contributed by atoms with Crippen LogP contribution in [0.15, 0.2) is 29.6 Å². The van der Waals surface area contributed by atoms with Crippen LogP contribution in [0.25, 0.3) is 0 Å². The monoisotopic (exact) mass is 333 g/mol. The fourth-order valence-electron chi connectivity index (χ4n) is 1.68. The maximum atomic E-state index is 12.0. The lowest BCUT2D eigenvalue weighted by Crippen LogP contribution is -2.26. The molecule has 0 spiro atoms. The average molecular weight is 333 g/mol. The summed E-state index contributed by atoms with van der Waals surface area (Å²) < 4.78 is 0. The van der Waals surface area contributed by atoms with Gasteiger partial charge in [-0.25, -0.2) is 4.98 Å². The summed E-state index contributed by atoms with van der Waals surface area (Å²) in [5, 5.41) is 15.4. The van der Waals surface area contributed by atoms with E-state index in [1.165, 1.54) is 5.38 Å². The number of carboxylic acid groups (broad SMARTS) is 1. The third-order valence-electron chi connectivity index (χ3n) is 2.90. The van der Waals surface area contributed by atoms with E-state index in [9.17, 15) is 14.4 Å². The number of rotatable bonds is 6. The van der Waals surface area contributed by atoms with Crippen molar-refractivity contribution in [2.75, 3.05) is 11.9 Å². The molecule has 0 aliphatic rings. The number of hydrogen-bond donors (Lipinski definition) is 3. The van der Waals surface area contributed by atoms with Gasteiger partial charge in [-0.3, -0.25) is 19.7 Å². The van der Waals surface area contributed by atoms with Crippen molar-refractivity contribution < 1.29 is 19.5 Å². The minimum atomic E-state index is -0.991. The number of carbonyl (C=O) groups excluding carboxylic acids is 2. The molecule has 0 radical (unpaired) electrons. The Morgan fingerprint density at radius 1 is 1.17 bits per heavy atom. The van der Waals surface area contributed by atoms with E-state index in [1.807, 2.05) is 19.1 Å². The van der Waals surface area contributed by atoms with Crippen molar-refractivity contribution in [2.24, 2.45) is 0 Å². The first-order valence-corrected chi connectivity index (χ1v) is 7.67. The molecule has 0 fully saturated rings. The van der Waals surface area contributed by atoms with Gasteiger partial charge >= 0.3 is 5.97 Å². The first-order valence-electron chi connectivity index (χ1n) is 6.79. The minimum Gasteiger partial charge on any atom is -0.481 e. The Kier molecular flexibility index (Phi) is 5.42. The number of thiazole rings is 1. The Morgan fingerprint density at radius 3 is 2.52 bits per heavy atom. The molecule has 8 heteroatoms. The molecule has 0 aliphatic heterocycles. The number of hydrogen-bond acceptors (Lipinski definition) is 5. The van der Waals surface area contributed by atoms with Crippen LogP contribution in [0.2, 0.25) is 0 Å². The Morgan fingerprint density at radius 2 is 1.87 bits per heavy atom. The maximum absolute atomic E-state index is 12.0. The van der Waals surface area contributed by atoms with Crippen LogP contribution < -0.4 is 10.6 Å². The number of carbonyl (C=O) groups is 3. The highest BCUT2D eigenvalue weighted by Crippen LogP contribution is 2.16. The highest BCUT2D eigenvalue weighted by molar-refractivity contribution is 7.14. The molecule has 0 aliphatic carbocycles. The van der Waals surface area contributed by atoms with E-state index in [-0.39, 0.29) is 24.6 Å². The van der Waals surface area contributed by atoms with Gasteiger partial charge in [0.15, 0.2) is 5.13 Å². The molecule has 23 heavy (non-hydrogen) atoms. The molecule has 0 atom stereocenters. The largest absolute Gasteiger partial charge is 0.481 e. The second-order valence-electron chi connectivity index (χ2n) is 4.76. The van der Waals surface area contributed by atoms with Crippen molar-refractivity contribution in [3.8, 4) is 0 Å². The highest BCUT2D eigenvalue weighted by atomic mass is 32.1. The van der Waals surface area contributed by atoms with Crippen LogP contribution in [-0.2, 0) is 4.79 Å². The molecule has 7 nitrogen and oxygen atoms in total. The van der Waals surface area contributed by atoms with Gasteiger partial charge in [0, 0.05) is 17.5 Å². The topological polar surface area (TPSA) is 108 Å². The summed E-state index contributed by atoms with van der Waals surface area (Å²) in [6, 6.07) is 7.08. The predicted molar refractivity (Wildman–Crippen MR) is 85.8 cm³/mol. The SMILES string of the molecule is Cc1ccc(C(=O)Nc2nc(C(=O)NCCC(=O)O)cs2)cc1. The first kappa shape index (κ1) is 16.6. The summed E-state index contributed by atoms with van der Waals surface area (Å²) >= 11 is 1.12. The molecular weight excluding hydrogens is 318 g/mol. The van der Waals surface area contributed by atoms with Crippen molar-refractivity contribution in [1.82, 2.24) is 10.3 Å². The summed E-state index contributed by atoms with van der Waals surface area (Å²) in [5.41, 5.74) is 1.69. The lowest BCUT2D eigenvalue weighted by atomic mass is 10.1. The number of carboxylic acids is 1. The number of aliphatic carboxylic acids is 1. The lowest BCUT2D eigenvalue weighted by Gasteiger charge is -2.02. The number of amides is 2. The van der Waals surface area contributed by atoms with Crippen LogP contribution in [0.3, 0.4) is 0 Å². The highest BCUT2D eigenvalue weighted by Gasteiger charge is 2.13. The normalized spacial score (nSPS) is 10.1. The first-order chi connectivity index (χ1) is 11.0. The Balaban J connectivity index is 1.93. The molecule has 2 rings (SSSR count). The zero-order chi connectivity index (χ0) is 16.8. The smallest absolute Gasteiger partial charge is 0.305 e. The lowest BCUT2D eigenvalue weighted by molar-refractivity contribution is -0.136. The second-order valence-corrected chi connectivity index (χ2v) is 5.62. The minimum absolute atomic E-state index is 0.0246. The van der Waals surface area contributed by atoms with Gasteiger partial charge in [0.2, 0.25) is 0 Å². The van der Waals surface area contributed by atoms with E-state index in [0.717, 1.165) is 16.9 Å². The molecule has 3 N–H and O–H groups in total. The maximum Gasteiger partial charge on any atom is 0.305 e. The second kappa shape index (κ2) is 7.50. The van der Waals surface area contributed by atoms with Crippen molar-refractivity contribution in [3.05, 3.63) is 46.5 Å². The van der Waals surface area contributed by atoms with Crippen LogP contribution in [0.4, 0.5) is 5.13 Å². The van der Waals surface area contributed by atoms with Gasteiger partial charge in [0.25, 0.3) is 11.8 Å². The molecule has 1 aromatic heterocycles. The van der Waals surface area contributed by atoms with Gasteiger partial charge in [-0.05, 0) is 19.1 Å². The van der Waals surface area contributed by atoms with Crippen molar-refractivity contribution in [2.45, 2.75) is 13.3 Å². The number of aromatic nitrogens is 1. The Bertz CT molecular complexity index is 725. The van der Waals surface area contributed by atoms with Gasteiger partial charge < -0.3 is 10.4 Å². The fourth-order valence-corrected chi connectivity index (χ4v) is 2.37. The van der Waals surface area contributed by atoms with Crippen LogP contribution in [0.5, 0.6) is 0 Å². The van der Waals surface area contributed by atoms with Gasteiger partial charge in [-0.15, -0.1) is 11.3 Å². The summed E-state index contributed by atoms with van der Waals surface area (Å²) in [7, 11) is 0. The fraction of sp³-hybridized carbons (Fsp3) is 0.200. The average Bonchev–Trinajstić information content (AvgIpc) is 2.96. The molecule has 1 heterocycles. The van der Waals surface area contributed by atoms with E-state index in [2.05, 4.69) is 15.6 Å². The molecule has 0 saturated carbocycles. The standard InChI is InChI=1S/C15H15N3O4S/c1-9-2-4-10(5-3-9)13(21)18-15-17-11(8-23-15)14(22)16-7-6-12(19)20/h2-5,8H,6-7H2,1H3,(H,16,22)(H,19,20)(H,17,18,21). The Labute approximate surface area is 136 Å². The molecule has 0 unspecified atom stereocenters. The molecule has 1 aromatic carbocycles. The molecule has 0 saturated heterocycles. The van der Waals surface area contributed by atoms with Crippen LogP contribution in [0.1, 0.15) is 32.8 Å². The van der Waals surface area contributed by atoms with E-state index in [0.29, 0.717) is 10.7 Å². The van der Waals surface area contributed by atoms with E-state index in [4.69, 9.17) is 5.11 Å². The predicted octanol–water partition coefficient (Wildman–Crippen LogP) is 1.91. The number of nitrogens with one attached hydrogen (secondary N) is 2. The number of benzene rings is 1. The van der Waals surface area contributed by atoms with Crippen LogP contribution >= 0.6 is 11.3 Å². The molecular formula is C15H15N3O4S. The number of aryl methyl sites for hydroxylation is 1. The van der Waals surface area contributed by atoms with Gasteiger partial charge in [0.1, 0.15) is 5.69 Å². The summed E-state index contributed by atoms with van der Waals surface area (Å²) in [5.74, 6) is -1.77. The molecule has 0 bridgehead atoms. The van der Waals surface area contributed by atoms with Gasteiger partial charge in [-0.1, -0.05) is 17.7 Å². The summed E-state index contributed by atoms with van der Waals surface area (Å²) in [6.45, 7) is 1.95. The third-order valence-corrected chi connectivity index (χ3v) is 3.65. The quantitative estimate of drug-likeness (QED) is 0.748. The van der Waals surface area contributed by atoms with E-state index < -0.39 is 11.9 Å². The van der Waals surface area contributed by atoms with Crippen molar-refractivity contribution in [1.29, 1.82) is 0 Å². The third kappa shape index (κ3) is 4.89.